The number of oxazole rings is 1. The van der Waals surface area contributed by atoms with Crippen LogP contribution in [0.5, 0.6) is 0 Å². The third kappa shape index (κ3) is 3.35. The van der Waals surface area contributed by atoms with Crippen molar-refractivity contribution in [3.05, 3.63) is 40.9 Å². The molecule has 2 aromatic heterocycles. The van der Waals surface area contributed by atoms with Crippen molar-refractivity contribution < 1.29 is 17.6 Å². The van der Waals surface area contributed by atoms with Crippen LogP contribution in [0, 0.1) is 0 Å². The van der Waals surface area contributed by atoms with Crippen molar-refractivity contribution >= 4 is 0 Å². The summed E-state index contributed by atoms with van der Waals surface area (Å²) in [4.78, 5) is 4.39. The van der Waals surface area contributed by atoms with Gasteiger partial charge in [0.1, 0.15) is 5.76 Å². The third-order valence-electron chi connectivity index (χ3n) is 4.85. The maximum absolute atomic E-state index is 13.4. The van der Waals surface area contributed by atoms with E-state index in [2.05, 4.69) is 4.98 Å². The van der Waals surface area contributed by atoms with Crippen molar-refractivity contribution in [3.8, 4) is 0 Å². The van der Waals surface area contributed by atoms with Crippen molar-refractivity contribution in [2.24, 2.45) is 0 Å². The van der Waals surface area contributed by atoms with Crippen LogP contribution in [0.15, 0.2) is 16.7 Å². The lowest BCUT2D eigenvalue weighted by Gasteiger charge is -2.25. The second-order valence-corrected chi connectivity index (χ2v) is 8.24. The molecular formula is C19H25F3N2O. The van der Waals surface area contributed by atoms with Crippen LogP contribution < -0.4 is 0 Å². The van der Waals surface area contributed by atoms with Crippen LogP contribution in [0.1, 0.15) is 81.5 Å². The molecule has 1 unspecified atom stereocenters. The fourth-order valence-corrected chi connectivity index (χ4v) is 3.57. The van der Waals surface area contributed by atoms with Crippen LogP contribution in [0.3, 0.4) is 0 Å². The Morgan fingerprint density at radius 3 is 2.44 bits per heavy atom. The second kappa shape index (κ2) is 5.92. The predicted molar refractivity (Wildman–Crippen MR) is 89.8 cm³/mol. The van der Waals surface area contributed by atoms with Gasteiger partial charge in [0.05, 0.1) is 11.8 Å². The van der Waals surface area contributed by atoms with E-state index in [1.165, 1.54) is 6.07 Å². The third-order valence-corrected chi connectivity index (χ3v) is 4.85. The Balaban J connectivity index is 1.93. The average Bonchev–Trinajstić information content (AvgIpc) is 3.10. The largest absolute Gasteiger partial charge is 0.445 e. The Morgan fingerprint density at radius 1 is 1.24 bits per heavy atom. The smallest absolute Gasteiger partial charge is 0.418 e. The van der Waals surface area contributed by atoms with Gasteiger partial charge in [0, 0.05) is 29.3 Å². The topological polar surface area (TPSA) is 31.0 Å². The summed E-state index contributed by atoms with van der Waals surface area (Å²) in [6.07, 6.45) is -1.31. The molecule has 0 N–H and O–H groups in total. The van der Waals surface area contributed by atoms with E-state index in [-0.39, 0.29) is 17.3 Å². The number of rotatable bonds is 2. The molecule has 0 saturated heterocycles. The molecule has 0 aromatic carbocycles. The first-order valence-corrected chi connectivity index (χ1v) is 8.74. The molecule has 0 amide bonds. The second-order valence-electron chi connectivity index (χ2n) is 8.24. The molecule has 6 heteroatoms. The first-order valence-electron chi connectivity index (χ1n) is 8.74. The highest BCUT2D eigenvalue weighted by molar-refractivity contribution is 5.34. The van der Waals surface area contributed by atoms with E-state index in [9.17, 15) is 13.2 Å². The van der Waals surface area contributed by atoms with Gasteiger partial charge in [-0.15, -0.1) is 0 Å². The Kier molecular flexibility index (Phi) is 4.28. The number of fused-ring (bicyclic) bond motifs is 1. The molecule has 1 aliphatic rings. The molecule has 25 heavy (non-hydrogen) atoms. The minimum absolute atomic E-state index is 0.0274. The molecule has 0 bridgehead atoms. The molecule has 2 aromatic rings. The highest BCUT2D eigenvalue weighted by Gasteiger charge is 2.39. The Morgan fingerprint density at radius 2 is 1.92 bits per heavy atom. The Labute approximate surface area is 146 Å². The van der Waals surface area contributed by atoms with Crippen LogP contribution in [0.4, 0.5) is 13.2 Å². The Hall–Kier alpha value is -1.72. The number of hydrogen-bond acceptors (Lipinski definition) is 2. The summed E-state index contributed by atoms with van der Waals surface area (Å²) < 4.78 is 48.0. The first kappa shape index (κ1) is 18.1. The average molecular weight is 354 g/mol. The maximum atomic E-state index is 13.4. The fourth-order valence-electron chi connectivity index (χ4n) is 3.57. The van der Waals surface area contributed by atoms with E-state index >= 15 is 0 Å². The van der Waals surface area contributed by atoms with E-state index < -0.39 is 11.7 Å². The predicted octanol–water partition coefficient (Wildman–Crippen LogP) is 5.65. The molecule has 1 aliphatic heterocycles. The SMILES string of the molecule is CC(C)c1c(C(F)(F)F)cc2n1CCC(c1ncc(C(C)(C)C)o1)C2. The van der Waals surface area contributed by atoms with Crippen LogP contribution >= 0.6 is 0 Å². The normalized spacial score (nSPS) is 18.7. The van der Waals surface area contributed by atoms with Gasteiger partial charge in [-0.1, -0.05) is 34.6 Å². The van der Waals surface area contributed by atoms with Gasteiger partial charge in [0.15, 0.2) is 5.89 Å². The molecule has 0 spiro atoms. The molecular weight excluding hydrogens is 329 g/mol. The standard InChI is InChI=1S/C19H25F3N2O/c1-11(2)16-14(19(20,21)22)9-13-8-12(6-7-24(13)16)17-23-10-15(25-17)18(3,4)5/h9-12H,6-8H2,1-5H3. The van der Waals surface area contributed by atoms with Crippen molar-refractivity contribution in [1.82, 2.24) is 9.55 Å². The zero-order valence-corrected chi connectivity index (χ0v) is 15.4. The van der Waals surface area contributed by atoms with Gasteiger partial charge in [-0.25, -0.2) is 4.98 Å². The fraction of sp³-hybridized carbons (Fsp3) is 0.632. The number of alkyl halides is 3. The molecule has 3 heterocycles. The zero-order valence-electron chi connectivity index (χ0n) is 15.4. The van der Waals surface area contributed by atoms with Gasteiger partial charge in [-0.3, -0.25) is 0 Å². The lowest BCUT2D eigenvalue weighted by atomic mass is 9.94. The zero-order chi connectivity index (χ0) is 18.6. The minimum atomic E-state index is -4.32. The first-order chi connectivity index (χ1) is 11.5. The van der Waals surface area contributed by atoms with Gasteiger partial charge in [-0.05, 0) is 24.8 Å². The van der Waals surface area contributed by atoms with Crippen molar-refractivity contribution in [2.75, 3.05) is 0 Å². The summed E-state index contributed by atoms with van der Waals surface area (Å²) >= 11 is 0. The van der Waals surface area contributed by atoms with Crippen LogP contribution in [-0.4, -0.2) is 9.55 Å². The van der Waals surface area contributed by atoms with Gasteiger partial charge in [0.2, 0.25) is 0 Å². The van der Waals surface area contributed by atoms with Gasteiger partial charge in [0.25, 0.3) is 0 Å². The van der Waals surface area contributed by atoms with Crippen LogP contribution in [0.25, 0.3) is 0 Å². The summed E-state index contributed by atoms with van der Waals surface area (Å²) in [5, 5.41) is 0. The van der Waals surface area contributed by atoms with E-state index in [1.54, 1.807) is 6.20 Å². The van der Waals surface area contributed by atoms with E-state index in [0.29, 0.717) is 24.6 Å². The lowest BCUT2D eigenvalue weighted by Crippen LogP contribution is -2.20. The van der Waals surface area contributed by atoms with Crippen molar-refractivity contribution in [3.63, 3.8) is 0 Å². The summed E-state index contributed by atoms with van der Waals surface area (Å²) in [5.41, 5.74) is 0.487. The Bertz CT molecular complexity index is 763. The highest BCUT2D eigenvalue weighted by atomic mass is 19.4. The minimum Gasteiger partial charge on any atom is -0.445 e. The summed E-state index contributed by atoms with van der Waals surface area (Å²) in [5.74, 6) is 1.30. The van der Waals surface area contributed by atoms with E-state index in [4.69, 9.17) is 4.42 Å². The number of hydrogen-bond donors (Lipinski definition) is 0. The molecule has 0 fully saturated rings. The molecule has 1 atom stereocenters. The molecule has 138 valence electrons. The summed E-state index contributed by atoms with van der Waals surface area (Å²) in [6, 6.07) is 1.31. The monoisotopic (exact) mass is 354 g/mol. The molecule has 0 saturated carbocycles. The lowest BCUT2D eigenvalue weighted by molar-refractivity contribution is -0.138. The van der Waals surface area contributed by atoms with Crippen LogP contribution in [0.2, 0.25) is 0 Å². The van der Waals surface area contributed by atoms with E-state index in [0.717, 1.165) is 17.9 Å². The number of aromatic nitrogens is 2. The number of halogens is 3. The van der Waals surface area contributed by atoms with Crippen LogP contribution in [-0.2, 0) is 24.6 Å². The maximum Gasteiger partial charge on any atom is 0.418 e. The number of nitrogens with zero attached hydrogens (tertiary/aromatic N) is 2. The van der Waals surface area contributed by atoms with Gasteiger partial charge >= 0.3 is 6.18 Å². The van der Waals surface area contributed by atoms with Crippen molar-refractivity contribution in [2.45, 2.75) is 77.4 Å². The molecule has 3 rings (SSSR count). The molecule has 0 radical (unpaired) electrons. The summed E-state index contributed by atoms with van der Waals surface area (Å²) in [6.45, 7) is 10.3. The van der Waals surface area contributed by atoms with E-state index in [1.807, 2.05) is 39.2 Å². The van der Waals surface area contributed by atoms with Crippen molar-refractivity contribution in [1.29, 1.82) is 0 Å². The molecule has 3 nitrogen and oxygen atoms in total. The highest BCUT2D eigenvalue weighted by Crippen LogP contribution is 2.41. The van der Waals surface area contributed by atoms with Gasteiger partial charge < -0.3 is 8.98 Å². The molecule has 0 aliphatic carbocycles. The summed E-state index contributed by atoms with van der Waals surface area (Å²) in [7, 11) is 0. The van der Waals surface area contributed by atoms with Gasteiger partial charge in [-0.2, -0.15) is 13.2 Å². The quantitative estimate of drug-likeness (QED) is 0.698.